The first kappa shape index (κ1) is 9.30. The SMILES string of the molecule is CCCC1C2C=CC(C2)C1CCC. The van der Waals surface area contributed by atoms with Crippen molar-refractivity contribution in [2.75, 3.05) is 0 Å². The molecule has 0 heterocycles. The minimum Gasteiger partial charge on any atom is -0.0848 e. The number of hydrogen-bond donors (Lipinski definition) is 0. The first-order valence-electron chi connectivity index (χ1n) is 6.05. The van der Waals surface area contributed by atoms with Crippen LogP contribution in [0.2, 0.25) is 0 Å². The van der Waals surface area contributed by atoms with Crippen LogP contribution in [-0.4, -0.2) is 0 Å². The summed E-state index contributed by atoms with van der Waals surface area (Å²) >= 11 is 0. The van der Waals surface area contributed by atoms with Crippen LogP contribution in [-0.2, 0) is 0 Å². The van der Waals surface area contributed by atoms with Crippen molar-refractivity contribution in [1.82, 2.24) is 0 Å². The molecule has 0 aromatic carbocycles. The highest BCUT2D eigenvalue weighted by Gasteiger charge is 2.42. The van der Waals surface area contributed by atoms with Crippen LogP contribution >= 0.6 is 0 Å². The lowest BCUT2D eigenvalue weighted by molar-refractivity contribution is 0.271. The van der Waals surface area contributed by atoms with Gasteiger partial charge in [0.05, 0.1) is 0 Å². The molecule has 0 saturated heterocycles. The average Bonchev–Trinajstić information content (AvgIpc) is 2.69. The number of fused-ring (bicyclic) bond motifs is 2. The van der Waals surface area contributed by atoms with E-state index in [1.54, 1.807) is 0 Å². The van der Waals surface area contributed by atoms with Gasteiger partial charge in [-0.05, 0) is 42.9 Å². The Bertz CT molecular complexity index is 172. The Morgan fingerprint density at radius 2 is 1.38 bits per heavy atom. The van der Waals surface area contributed by atoms with Gasteiger partial charge in [0.25, 0.3) is 0 Å². The van der Waals surface area contributed by atoms with E-state index in [1.807, 2.05) is 0 Å². The third kappa shape index (κ3) is 1.56. The Labute approximate surface area is 82.4 Å². The van der Waals surface area contributed by atoms with Gasteiger partial charge in [0.1, 0.15) is 0 Å². The van der Waals surface area contributed by atoms with Crippen LogP contribution in [0.5, 0.6) is 0 Å². The van der Waals surface area contributed by atoms with Crippen molar-refractivity contribution in [3.63, 3.8) is 0 Å². The van der Waals surface area contributed by atoms with Gasteiger partial charge in [0.15, 0.2) is 0 Å². The molecule has 0 nitrogen and oxygen atoms in total. The van der Waals surface area contributed by atoms with Crippen LogP contribution in [0, 0.1) is 23.7 Å². The molecular formula is C13H22. The molecule has 0 aliphatic heterocycles. The van der Waals surface area contributed by atoms with Crippen molar-refractivity contribution in [1.29, 1.82) is 0 Å². The van der Waals surface area contributed by atoms with Gasteiger partial charge in [-0.1, -0.05) is 38.8 Å². The predicted octanol–water partition coefficient (Wildman–Crippen LogP) is 4.02. The maximum absolute atomic E-state index is 2.50. The number of allylic oxidation sites excluding steroid dienone is 2. The molecule has 1 saturated carbocycles. The first-order chi connectivity index (χ1) is 6.36. The summed E-state index contributed by atoms with van der Waals surface area (Å²) in [5, 5.41) is 0. The van der Waals surface area contributed by atoms with E-state index in [2.05, 4.69) is 26.0 Å². The van der Waals surface area contributed by atoms with Crippen LogP contribution in [0.1, 0.15) is 46.0 Å². The van der Waals surface area contributed by atoms with Gasteiger partial charge in [-0.3, -0.25) is 0 Å². The highest BCUT2D eigenvalue weighted by molar-refractivity contribution is 5.13. The molecule has 0 spiro atoms. The van der Waals surface area contributed by atoms with E-state index in [4.69, 9.17) is 0 Å². The molecule has 2 aliphatic carbocycles. The smallest absolute Gasteiger partial charge is 0.0196 e. The average molecular weight is 178 g/mol. The summed E-state index contributed by atoms with van der Waals surface area (Å²) in [5.74, 6) is 4.00. The van der Waals surface area contributed by atoms with Gasteiger partial charge in [0.2, 0.25) is 0 Å². The zero-order valence-corrected chi connectivity index (χ0v) is 9.00. The summed E-state index contributed by atoms with van der Waals surface area (Å²) in [5.41, 5.74) is 0. The van der Waals surface area contributed by atoms with Crippen LogP contribution in [0.4, 0.5) is 0 Å². The molecule has 0 amide bonds. The Morgan fingerprint density at radius 1 is 0.923 bits per heavy atom. The lowest BCUT2D eigenvalue weighted by Gasteiger charge is -2.27. The molecule has 0 radical (unpaired) electrons. The number of rotatable bonds is 4. The predicted molar refractivity (Wildman–Crippen MR) is 57.5 cm³/mol. The molecule has 4 atom stereocenters. The molecule has 0 heteroatoms. The minimum absolute atomic E-state index is 0.960. The molecule has 2 rings (SSSR count). The maximum Gasteiger partial charge on any atom is -0.0196 e. The van der Waals surface area contributed by atoms with Gasteiger partial charge >= 0.3 is 0 Å². The summed E-state index contributed by atoms with van der Waals surface area (Å²) in [7, 11) is 0. The van der Waals surface area contributed by atoms with E-state index in [1.165, 1.54) is 32.1 Å². The van der Waals surface area contributed by atoms with E-state index in [-0.39, 0.29) is 0 Å². The Balaban J connectivity index is 2.02. The van der Waals surface area contributed by atoms with Gasteiger partial charge < -0.3 is 0 Å². The largest absolute Gasteiger partial charge is 0.0848 e. The number of hydrogen-bond acceptors (Lipinski definition) is 0. The van der Waals surface area contributed by atoms with Crippen molar-refractivity contribution in [2.45, 2.75) is 46.0 Å². The van der Waals surface area contributed by atoms with Crippen LogP contribution in [0.3, 0.4) is 0 Å². The second kappa shape index (κ2) is 3.86. The fourth-order valence-corrected chi connectivity index (χ4v) is 3.55. The van der Waals surface area contributed by atoms with Crippen molar-refractivity contribution < 1.29 is 0 Å². The van der Waals surface area contributed by atoms with E-state index >= 15 is 0 Å². The summed E-state index contributed by atoms with van der Waals surface area (Å²) < 4.78 is 0. The molecule has 13 heavy (non-hydrogen) atoms. The third-order valence-corrected chi connectivity index (χ3v) is 4.04. The van der Waals surface area contributed by atoms with E-state index in [9.17, 15) is 0 Å². The molecule has 0 N–H and O–H groups in total. The summed E-state index contributed by atoms with van der Waals surface area (Å²) in [6.07, 6.45) is 12.2. The third-order valence-electron chi connectivity index (χ3n) is 4.04. The zero-order valence-electron chi connectivity index (χ0n) is 9.00. The van der Waals surface area contributed by atoms with Gasteiger partial charge in [0, 0.05) is 0 Å². The molecular weight excluding hydrogens is 156 g/mol. The molecule has 0 aromatic heterocycles. The van der Waals surface area contributed by atoms with Crippen LogP contribution < -0.4 is 0 Å². The van der Waals surface area contributed by atoms with Crippen LogP contribution in [0.15, 0.2) is 12.2 Å². The summed E-state index contributed by atoms with van der Waals surface area (Å²) in [4.78, 5) is 0. The molecule has 1 fully saturated rings. The Kier molecular flexibility index (Phi) is 2.76. The van der Waals surface area contributed by atoms with Crippen molar-refractivity contribution in [2.24, 2.45) is 23.7 Å². The highest BCUT2D eigenvalue weighted by atomic mass is 14.5. The van der Waals surface area contributed by atoms with Crippen molar-refractivity contribution in [3.8, 4) is 0 Å². The molecule has 2 aliphatic rings. The summed E-state index contributed by atoms with van der Waals surface area (Å²) in [6.45, 7) is 4.66. The topological polar surface area (TPSA) is 0 Å². The second-order valence-electron chi connectivity index (χ2n) is 4.85. The molecule has 74 valence electrons. The van der Waals surface area contributed by atoms with E-state index in [0.29, 0.717) is 0 Å². The second-order valence-corrected chi connectivity index (χ2v) is 4.85. The van der Waals surface area contributed by atoms with Crippen molar-refractivity contribution in [3.05, 3.63) is 12.2 Å². The fourth-order valence-electron chi connectivity index (χ4n) is 3.55. The lowest BCUT2D eigenvalue weighted by atomic mass is 9.78. The van der Waals surface area contributed by atoms with Crippen LogP contribution in [0.25, 0.3) is 0 Å². The normalized spacial score (nSPS) is 41.7. The molecule has 2 bridgehead atoms. The lowest BCUT2D eigenvalue weighted by Crippen LogP contribution is -2.19. The molecule has 0 aromatic rings. The van der Waals surface area contributed by atoms with E-state index in [0.717, 1.165) is 23.7 Å². The standard InChI is InChI=1S/C13H22/c1-3-5-12-10-7-8-11(9-10)13(12)6-4-2/h7-8,10-13H,3-6,9H2,1-2H3. The maximum atomic E-state index is 2.50. The Hall–Kier alpha value is -0.260. The zero-order chi connectivity index (χ0) is 9.26. The first-order valence-corrected chi connectivity index (χ1v) is 6.05. The van der Waals surface area contributed by atoms with Crippen molar-refractivity contribution >= 4 is 0 Å². The monoisotopic (exact) mass is 178 g/mol. The fraction of sp³-hybridized carbons (Fsp3) is 0.846. The van der Waals surface area contributed by atoms with Gasteiger partial charge in [-0.15, -0.1) is 0 Å². The minimum atomic E-state index is 0.960. The highest BCUT2D eigenvalue weighted by Crippen LogP contribution is 2.51. The van der Waals surface area contributed by atoms with Gasteiger partial charge in [-0.2, -0.15) is 0 Å². The Morgan fingerprint density at radius 3 is 1.77 bits per heavy atom. The van der Waals surface area contributed by atoms with Gasteiger partial charge in [-0.25, -0.2) is 0 Å². The van der Waals surface area contributed by atoms with E-state index < -0.39 is 0 Å². The molecule has 4 unspecified atom stereocenters. The summed E-state index contributed by atoms with van der Waals surface area (Å²) in [6, 6.07) is 0. The quantitative estimate of drug-likeness (QED) is 0.570.